The lowest BCUT2D eigenvalue weighted by atomic mass is 9.95. The van der Waals surface area contributed by atoms with E-state index in [1.165, 1.54) is 5.69 Å². The Balaban J connectivity index is 1.35. The third-order valence-corrected chi connectivity index (χ3v) is 6.08. The Hall–Kier alpha value is -2.70. The van der Waals surface area contributed by atoms with E-state index in [2.05, 4.69) is 57.2 Å². The van der Waals surface area contributed by atoms with E-state index in [1.807, 2.05) is 26.0 Å². The highest BCUT2D eigenvalue weighted by atomic mass is 16.5. The molecule has 3 heterocycles. The van der Waals surface area contributed by atoms with Crippen LogP contribution in [0.15, 0.2) is 54.7 Å². The summed E-state index contributed by atoms with van der Waals surface area (Å²) in [5, 5.41) is 3.09. The third-order valence-electron chi connectivity index (χ3n) is 6.08. The van der Waals surface area contributed by atoms with Crippen LogP contribution in [0.25, 0.3) is 16.9 Å². The molecule has 0 radical (unpaired) electrons. The van der Waals surface area contributed by atoms with Crippen LogP contribution < -0.4 is 5.32 Å². The van der Waals surface area contributed by atoms with E-state index in [1.54, 1.807) is 0 Å². The molecule has 1 saturated heterocycles. The highest BCUT2D eigenvalue weighted by Crippen LogP contribution is 2.27. The van der Waals surface area contributed by atoms with Crippen LogP contribution in [0.1, 0.15) is 38.8 Å². The summed E-state index contributed by atoms with van der Waals surface area (Å²) in [7, 11) is 0. The Kier molecular flexibility index (Phi) is 7.55. The summed E-state index contributed by atoms with van der Waals surface area (Å²) in [5.41, 5.74) is 4.36. The van der Waals surface area contributed by atoms with Gasteiger partial charge in [0.05, 0.1) is 17.5 Å². The molecule has 1 N–H and O–H groups in total. The molecule has 0 saturated carbocycles. The number of ether oxygens (including phenoxy) is 1. The number of piperidine rings is 1. The van der Waals surface area contributed by atoms with Crippen molar-refractivity contribution in [2.75, 3.05) is 26.2 Å². The van der Waals surface area contributed by atoms with Crippen molar-refractivity contribution in [1.82, 2.24) is 19.6 Å². The highest BCUT2D eigenvalue weighted by molar-refractivity contribution is 5.78. The average Bonchev–Trinajstić information content (AvgIpc) is 3.18. The summed E-state index contributed by atoms with van der Waals surface area (Å²) in [6, 6.07) is 16.5. The second-order valence-electron chi connectivity index (χ2n) is 8.82. The number of carbonyl (C=O) groups excluding carboxylic acids is 1. The van der Waals surface area contributed by atoms with Gasteiger partial charge in [-0.1, -0.05) is 36.4 Å². The molecule has 32 heavy (non-hydrogen) atoms. The van der Waals surface area contributed by atoms with E-state index in [4.69, 9.17) is 9.72 Å². The van der Waals surface area contributed by atoms with Crippen LogP contribution >= 0.6 is 0 Å². The third kappa shape index (κ3) is 5.56. The van der Waals surface area contributed by atoms with Crippen molar-refractivity contribution < 1.29 is 9.53 Å². The smallest absolute Gasteiger partial charge is 0.223 e. The summed E-state index contributed by atoms with van der Waals surface area (Å²) in [4.78, 5) is 19.9. The van der Waals surface area contributed by atoms with Crippen molar-refractivity contribution in [2.45, 2.75) is 45.8 Å². The average molecular weight is 435 g/mol. The zero-order chi connectivity index (χ0) is 22.3. The van der Waals surface area contributed by atoms with Gasteiger partial charge in [-0.2, -0.15) is 0 Å². The minimum absolute atomic E-state index is 0.105. The molecule has 6 nitrogen and oxygen atoms in total. The van der Waals surface area contributed by atoms with Gasteiger partial charge in [0.25, 0.3) is 0 Å². The van der Waals surface area contributed by atoms with Gasteiger partial charge < -0.3 is 14.5 Å². The molecule has 2 aromatic heterocycles. The molecule has 1 aliphatic rings. The van der Waals surface area contributed by atoms with Crippen LogP contribution in [-0.4, -0.2) is 52.5 Å². The summed E-state index contributed by atoms with van der Waals surface area (Å²) < 4.78 is 7.73. The fourth-order valence-electron chi connectivity index (χ4n) is 4.34. The number of fused-ring (bicyclic) bond motifs is 1. The summed E-state index contributed by atoms with van der Waals surface area (Å²) >= 11 is 0. The van der Waals surface area contributed by atoms with Crippen molar-refractivity contribution in [3.05, 3.63) is 60.4 Å². The van der Waals surface area contributed by atoms with Crippen molar-refractivity contribution in [2.24, 2.45) is 5.92 Å². The molecular formula is C26H34N4O2. The molecule has 6 heteroatoms. The van der Waals surface area contributed by atoms with Gasteiger partial charge in [0.15, 0.2) is 0 Å². The number of imidazole rings is 1. The predicted molar refractivity (Wildman–Crippen MR) is 127 cm³/mol. The second kappa shape index (κ2) is 10.7. The SMILES string of the molecule is CC(C)OCCCNC(=O)C1CCN(Cc2c(-c3ccccc3)nc3ccccn23)CC1. The Morgan fingerprint density at radius 1 is 1.12 bits per heavy atom. The molecule has 0 aliphatic carbocycles. The molecular weight excluding hydrogens is 400 g/mol. The largest absolute Gasteiger partial charge is 0.379 e. The Morgan fingerprint density at radius 3 is 2.62 bits per heavy atom. The number of carbonyl (C=O) groups is 1. The van der Waals surface area contributed by atoms with Crippen molar-refractivity contribution in [3.63, 3.8) is 0 Å². The first-order valence-corrected chi connectivity index (χ1v) is 11.7. The number of amides is 1. The van der Waals surface area contributed by atoms with Gasteiger partial charge in [0.2, 0.25) is 5.91 Å². The van der Waals surface area contributed by atoms with Gasteiger partial charge in [-0.15, -0.1) is 0 Å². The van der Waals surface area contributed by atoms with Gasteiger partial charge in [-0.05, 0) is 58.3 Å². The normalized spacial score (nSPS) is 15.5. The van der Waals surface area contributed by atoms with Crippen molar-refractivity contribution >= 4 is 11.6 Å². The van der Waals surface area contributed by atoms with Crippen molar-refractivity contribution in [1.29, 1.82) is 0 Å². The van der Waals surface area contributed by atoms with Crippen LogP contribution in [0.4, 0.5) is 0 Å². The molecule has 0 spiro atoms. The molecule has 4 rings (SSSR count). The number of benzene rings is 1. The fraction of sp³-hybridized carbons (Fsp3) is 0.462. The minimum atomic E-state index is 0.105. The molecule has 1 aliphatic heterocycles. The van der Waals surface area contributed by atoms with Crippen LogP contribution in [0.3, 0.4) is 0 Å². The van der Waals surface area contributed by atoms with E-state index in [0.717, 1.165) is 55.8 Å². The topological polar surface area (TPSA) is 58.9 Å². The first-order chi connectivity index (χ1) is 15.6. The maximum absolute atomic E-state index is 12.5. The summed E-state index contributed by atoms with van der Waals surface area (Å²) in [5.74, 6) is 0.294. The number of rotatable bonds is 9. The predicted octanol–water partition coefficient (Wildman–Crippen LogP) is 4.14. The molecule has 1 amide bonds. The van der Waals surface area contributed by atoms with Crippen molar-refractivity contribution in [3.8, 4) is 11.3 Å². The van der Waals surface area contributed by atoms with E-state index in [-0.39, 0.29) is 17.9 Å². The Labute approximate surface area is 190 Å². The molecule has 1 fully saturated rings. The van der Waals surface area contributed by atoms with Crippen LogP contribution in [0.2, 0.25) is 0 Å². The lowest BCUT2D eigenvalue weighted by Gasteiger charge is -2.31. The summed E-state index contributed by atoms with van der Waals surface area (Å²) in [6.07, 6.45) is 4.98. The summed E-state index contributed by atoms with van der Waals surface area (Å²) in [6.45, 7) is 8.11. The number of nitrogens with zero attached hydrogens (tertiary/aromatic N) is 3. The first-order valence-electron chi connectivity index (χ1n) is 11.7. The van der Waals surface area contributed by atoms with Gasteiger partial charge >= 0.3 is 0 Å². The number of aromatic nitrogens is 2. The minimum Gasteiger partial charge on any atom is -0.379 e. The van der Waals surface area contributed by atoms with Gasteiger partial charge in [-0.25, -0.2) is 4.98 Å². The molecule has 0 unspecified atom stereocenters. The Bertz CT molecular complexity index is 1010. The molecule has 0 atom stereocenters. The molecule has 1 aromatic carbocycles. The number of hydrogen-bond donors (Lipinski definition) is 1. The zero-order valence-electron chi connectivity index (χ0n) is 19.2. The number of likely N-dealkylation sites (tertiary alicyclic amines) is 1. The highest BCUT2D eigenvalue weighted by Gasteiger charge is 2.26. The quantitative estimate of drug-likeness (QED) is 0.514. The Morgan fingerprint density at radius 2 is 1.88 bits per heavy atom. The second-order valence-corrected chi connectivity index (χ2v) is 8.82. The maximum atomic E-state index is 12.5. The fourth-order valence-corrected chi connectivity index (χ4v) is 4.34. The lowest BCUT2D eigenvalue weighted by Crippen LogP contribution is -2.40. The van der Waals surface area contributed by atoms with Gasteiger partial charge in [-0.3, -0.25) is 9.69 Å². The van der Waals surface area contributed by atoms with Crippen LogP contribution in [0, 0.1) is 5.92 Å². The maximum Gasteiger partial charge on any atom is 0.223 e. The van der Waals surface area contributed by atoms with Gasteiger partial charge in [0.1, 0.15) is 5.65 Å². The molecule has 0 bridgehead atoms. The number of hydrogen-bond acceptors (Lipinski definition) is 4. The van der Waals surface area contributed by atoms with Crippen LogP contribution in [-0.2, 0) is 16.1 Å². The molecule has 3 aromatic rings. The lowest BCUT2D eigenvalue weighted by molar-refractivity contribution is -0.126. The number of pyridine rings is 1. The van der Waals surface area contributed by atoms with Gasteiger partial charge in [0, 0.05) is 37.4 Å². The van der Waals surface area contributed by atoms with Crippen LogP contribution in [0.5, 0.6) is 0 Å². The van der Waals surface area contributed by atoms with E-state index < -0.39 is 0 Å². The standard InChI is InChI=1S/C26H34N4O2/c1-20(2)32-18-8-14-27-26(31)22-12-16-29(17-13-22)19-23-25(21-9-4-3-5-10-21)28-24-11-6-7-15-30(23)24/h3-7,9-11,15,20,22H,8,12-14,16-19H2,1-2H3,(H,27,31). The first kappa shape index (κ1) is 22.5. The molecule has 170 valence electrons. The van der Waals surface area contributed by atoms with E-state index >= 15 is 0 Å². The zero-order valence-corrected chi connectivity index (χ0v) is 19.2. The van der Waals surface area contributed by atoms with E-state index in [9.17, 15) is 4.79 Å². The number of nitrogens with one attached hydrogen (secondary N) is 1. The van der Waals surface area contributed by atoms with E-state index in [0.29, 0.717) is 13.2 Å². The monoisotopic (exact) mass is 434 g/mol.